The van der Waals surface area contributed by atoms with E-state index in [4.69, 9.17) is 12.2 Å². The van der Waals surface area contributed by atoms with Crippen molar-refractivity contribution in [1.82, 2.24) is 24.3 Å². The topological polar surface area (TPSA) is 51.4 Å². The number of imidazole rings is 1. The SMILES string of the molecule is CCCc1n[nH]c(=S)n1CCc1nccn1C. The van der Waals surface area contributed by atoms with E-state index < -0.39 is 0 Å². The minimum absolute atomic E-state index is 0.697. The van der Waals surface area contributed by atoms with E-state index >= 15 is 0 Å². The molecule has 2 heterocycles. The highest BCUT2D eigenvalue weighted by atomic mass is 32.1. The van der Waals surface area contributed by atoms with E-state index in [2.05, 4.69) is 26.7 Å². The second-order valence-corrected chi connectivity index (χ2v) is 4.44. The Labute approximate surface area is 106 Å². The van der Waals surface area contributed by atoms with Gasteiger partial charge in [-0.05, 0) is 18.6 Å². The van der Waals surface area contributed by atoms with Gasteiger partial charge in [0.15, 0.2) is 4.77 Å². The summed E-state index contributed by atoms with van der Waals surface area (Å²) in [5, 5.41) is 7.10. The van der Waals surface area contributed by atoms with Crippen LogP contribution >= 0.6 is 12.2 Å². The number of rotatable bonds is 5. The van der Waals surface area contributed by atoms with Crippen LogP contribution in [0.2, 0.25) is 0 Å². The second kappa shape index (κ2) is 5.27. The van der Waals surface area contributed by atoms with Gasteiger partial charge in [0.25, 0.3) is 0 Å². The lowest BCUT2D eigenvalue weighted by Gasteiger charge is -2.06. The average molecular weight is 251 g/mol. The van der Waals surface area contributed by atoms with E-state index in [1.807, 2.05) is 24.0 Å². The highest BCUT2D eigenvalue weighted by molar-refractivity contribution is 7.71. The second-order valence-electron chi connectivity index (χ2n) is 4.05. The van der Waals surface area contributed by atoms with Crippen molar-refractivity contribution >= 4 is 12.2 Å². The van der Waals surface area contributed by atoms with E-state index in [1.165, 1.54) is 0 Å². The molecule has 0 radical (unpaired) electrons. The van der Waals surface area contributed by atoms with Crippen LogP contribution in [0, 0.1) is 4.77 Å². The van der Waals surface area contributed by atoms with Gasteiger partial charge in [0, 0.05) is 38.8 Å². The number of H-pyrrole nitrogens is 1. The molecule has 0 saturated carbocycles. The van der Waals surface area contributed by atoms with E-state index in [9.17, 15) is 0 Å². The Morgan fingerprint density at radius 3 is 2.82 bits per heavy atom. The first kappa shape index (κ1) is 12.0. The quantitative estimate of drug-likeness (QED) is 0.825. The zero-order chi connectivity index (χ0) is 12.3. The lowest BCUT2D eigenvalue weighted by Crippen LogP contribution is -2.09. The number of hydrogen-bond donors (Lipinski definition) is 1. The number of hydrogen-bond acceptors (Lipinski definition) is 3. The van der Waals surface area contributed by atoms with E-state index in [0.29, 0.717) is 4.77 Å². The van der Waals surface area contributed by atoms with Gasteiger partial charge in [-0.15, -0.1) is 0 Å². The minimum Gasteiger partial charge on any atom is -0.338 e. The number of aromatic nitrogens is 5. The standard InChI is InChI=1S/C11H17N5S/c1-3-4-10-13-14-11(17)16(10)7-5-9-12-6-8-15(9)2/h6,8H,3-5,7H2,1-2H3,(H,14,17). The molecule has 2 rings (SSSR count). The van der Waals surface area contributed by atoms with E-state index in [-0.39, 0.29) is 0 Å². The van der Waals surface area contributed by atoms with Crippen LogP contribution in [0.5, 0.6) is 0 Å². The summed E-state index contributed by atoms with van der Waals surface area (Å²) >= 11 is 5.23. The summed E-state index contributed by atoms with van der Waals surface area (Å²) in [6.07, 6.45) is 6.66. The van der Waals surface area contributed by atoms with Crippen LogP contribution in [0.4, 0.5) is 0 Å². The number of nitrogens with one attached hydrogen (secondary N) is 1. The molecule has 0 aromatic carbocycles. The van der Waals surface area contributed by atoms with Crippen molar-refractivity contribution in [2.24, 2.45) is 7.05 Å². The van der Waals surface area contributed by atoms with Crippen molar-refractivity contribution in [3.63, 3.8) is 0 Å². The maximum absolute atomic E-state index is 5.23. The van der Waals surface area contributed by atoms with Crippen molar-refractivity contribution in [3.05, 3.63) is 28.8 Å². The van der Waals surface area contributed by atoms with Crippen LogP contribution in [0.3, 0.4) is 0 Å². The fraction of sp³-hybridized carbons (Fsp3) is 0.545. The molecule has 0 bridgehead atoms. The molecule has 0 saturated heterocycles. The van der Waals surface area contributed by atoms with Crippen LogP contribution in [0.1, 0.15) is 25.0 Å². The number of nitrogens with zero attached hydrogens (tertiary/aromatic N) is 4. The molecule has 1 N–H and O–H groups in total. The van der Waals surface area contributed by atoms with Crippen molar-refractivity contribution in [1.29, 1.82) is 0 Å². The third-order valence-corrected chi connectivity index (χ3v) is 3.10. The first-order valence-electron chi connectivity index (χ1n) is 5.82. The summed E-state index contributed by atoms with van der Waals surface area (Å²) in [4.78, 5) is 4.31. The third kappa shape index (κ3) is 2.63. The summed E-state index contributed by atoms with van der Waals surface area (Å²) in [7, 11) is 2.00. The van der Waals surface area contributed by atoms with Gasteiger partial charge in [0.05, 0.1) is 0 Å². The Hall–Kier alpha value is -1.43. The number of aryl methyl sites for hydroxylation is 3. The molecule has 0 atom stereocenters. The third-order valence-electron chi connectivity index (χ3n) is 2.79. The summed E-state index contributed by atoms with van der Waals surface area (Å²) in [6.45, 7) is 2.97. The van der Waals surface area contributed by atoms with Gasteiger partial charge >= 0.3 is 0 Å². The Bertz CT molecular complexity index is 536. The molecule has 92 valence electrons. The summed E-state index contributed by atoms with van der Waals surface area (Å²) in [5.74, 6) is 2.10. The predicted octanol–water partition coefficient (Wildman–Crippen LogP) is 1.87. The van der Waals surface area contributed by atoms with Crippen molar-refractivity contribution in [3.8, 4) is 0 Å². The first-order chi connectivity index (χ1) is 8.22. The molecule has 0 amide bonds. The number of aromatic amines is 1. The molecular formula is C11H17N5S. The van der Waals surface area contributed by atoms with Crippen LogP contribution in [-0.4, -0.2) is 24.3 Å². The Morgan fingerprint density at radius 2 is 2.18 bits per heavy atom. The van der Waals surface area contributed by atoms with Gasteiger partial charge in [-0.2, -0.15) is 5.10 Å². The van der Waals surface area contributed by atoms with Gasteiger partial charge in [-0.3, -0.25) is 5.10 Å². The van der Waals surface area contributed by atoms with Gasteiger partial charge in [0.1, 0.15) is 11.6 Å². The van der Waals surface area contributed by atoms with Crippen LogP contribution in [0.25, 0.3) is 0 Å². The van der Waals surface area contributed by atoms with Crippen LogP contribution in [-0.2, 0) is 26.4 Å². The van der Waals surface area contributed by atoms with E-state index in [0.717, 1.165) is 37.5 Å². The van der Waals surface area contributed by atoms with Crippen molar-refractivity contribution < 1.29 is 0 Å². The minimum atomic E-state index is 0.697. The normalized spacial score (nSPS) is 10.9. The molecule has 17 heavy (non-hydrogen) atoms. The van der Waals surface area contributed by atoms with Crippen LogP contribution in [0.15, 0.2) is 12.4 Å². The molecule has 0 aliphatic rings. The molecule has 5 nitrogen and oxygen atoms in total. The summed E-state index contributed by atoms with van der Waals surface area (Å²) < 4.78 is 4.79. The Kier molecular flexibility index (Phi) is 3.73. The predicted molar refractivity (Wildman–Crippen MR) is 68.3 cm³/mol. The monoisotopic (exact) mass is 251 g/mol. The maximum atomic E-state index is 5.23. The van der Waals surface area contributed by atoms with Crippen molar-refractivity contribution in [2.75, 3.05) is 0 Å². The lowest BCUT2D eigenvalue weighted by molar-refractivity contribution is 0.609. The summed E-state index contributed by atoms with van der Waals surface area (Å²) in [6, 6.07) is 0. The highest BCUT2D eigenvalue weighted by Crippen LogP contribution is 2.04. The largest absolute Gasteiger partial charge is 0.338 e. The van der Waals surface area contributed by atoms with Crippen molar-refractivity contribution in [2.45, 2.75) is 32.7 Å². The molecule has 0 aliphatic carbocycles. The highest BCUT2D eigenvalue weighted by Gasteiger charge is 2.06. The fourth-order valence-electron chi connectivity index (χ4n) is 1.84. The Balaban J connectivity index is 2.11. The maximum Gasteiger partial charge on any atom is 0.195 e. The molecule has 0 fully saturated rings. The molecular weight excluding hydrogens is 234 g/mol. The first-order valence-corrected chi connectivity index (χ1v) is 6.23. The van der Waals surface area contributed by atoms with E-state index in [1.54, 1.807) is 0 Å². The average Bonchev–Trinajstić information content (AvgIpc) is 2.85. The molecule has 0 aliphatic heterocycles. The smallest absolute Gasteiger partial charge is 0.195 e. The zero-order valence-corrected chi connectivity index (χ0v) is 11.0. The van der Waals surface area contributed by atoms with Gasteiger partial charge in [-0.1, -0.05) is 6.92 Å². The molecule has 2 aromatic heterocycles. The lowest BCUT2D eigenvalue weighted by atomic mass is 10.3. The van der Waals surface area contributed by atoms with Gasteiger partial charge < -0.3 is 9.13 Å². The molecule has 2 aromatic rings. The van der Waals surface area contributed by atoms with Gasteiger partial charge in [-0.25, -0.2) is 4.98 Å². The molecule has 0 spiro atoms. The zero-order valence-electron chi connectivity index (χ0n) is 10.2. The molecule has 0 unspecified atom stereocenters. The fourth-order valence-corrected chi connectivity index (χ4v) is 2.09. The van der Waals surface area contributed by atoms with Crippen LogP contribution < -0.4 is 0 Å². The summed E-state index contributed by atoms with van der Waals surface area (Å²) in [5.41, 5.74) is 0. The van der Waals surface area contributed by atoms with Gasteiger partial charge in [0.2, 0.25) is 0 Å². The molecule has 6 heteroatoms. The Morgan fingerprint density at radius 1 is 1.35 bits per heavy atom.